The third-order valence-corrected chi connectivity index (χ3v) is 7.21. The smallest absolute Gasteiger partial charge is 0.270 e. The normalized spacial score (nSPS) is 11.2. The molecule has 0 spiro atoms. The van der Waals surface area contributed by atoms with Gasteiger partial charge in [-0.3, -0.25) is 14.9 Å². The van der Waals surface area contributed by atoms with Crippen LogP contribution >= 0.6 is 27.5 Å². The number of nitrogens with zero attached hydrogens (tertiary/aromatic N) is 5. The summed E-state index contributed by atoms with van der Waals surface area (Å²) in [6.45, 7) is 2.31. The van der Waals surface area contributed by atoms with Gasteiger partial charge >= 0.3 is 0 Å². The minimum Gasteiger partial charge on any atom is -0.472 e. The number of hydrogen-bond acceptors (Lipinski definition) is 7. The van der Waals surface area contributed by atoms with Gasteiger partial charge in [-0.2, -0.15) is 5.21 Å². The van der Waals surface area contributed by atoms with E-state index in [-0.39, 0.29) is 29.2 Å². The molecule has 0 atom stereocenters. The molecule has 38 heavy (non-hydrogen) atoms. The molecule has 5 rings (SSSR count). The number of rotatable bonds is 8. The number of benzene rings is 1. The zero-order valence-electron chi connectivity index (χ0n) is 20.4. The van der Waals surface area contributed by atoms with E-state index >= 15 is 0 Å². The molecule has 0 radical (unpaired) electrons. The van der Waals surface area contributed by atoms with Crippen molar-refractivity contribution in [1.29, 1.82) is 0 Å². The number of aryl methyl sites for hydroxylation is 1. The summed E-state index contributed by atoms with van der Waals surface area (Å²) in [7, 11) is 1.55. The van der Waals surface area contributed by atoms with Gasteiger partial charge in [0.05, 0.1) is 19.1 Å². The summed E-state index contributed by atoms with van der Waals surface area (Å²) in [5.41, 5.74) is 4.68. The van der Waals surface area contributed by atoms with Crippen molar-refractivity contribution in [3.63, 3.8) is 0 Å². The Kier molecular flexibility index (Phi) is 7.25. The van der Waals surface area contributed by atoms with Gasteiger partial charge in [0.1, 0.15) is 11.5 Å². The van der Waals surface area contributed by atoms with Gasteiger partial charge in [0, 0.05) is 34.6 Å². The van der Waals surface area contributed by atoms with E-state index in [1.807, 2.05) is 29.7 Å². The molecule has 0 saturated heterocycles. The SMILES string of the molecule is CCCc1nc(Cl)c(C(=O)NC)n1Cc1c2ccocc-2c(Br)c1-c1ccccc1C(=O)Nc1nn[nH]n1. The predicted octanol–water partition coefficient (Wildman–Crippen LogP) is 4.79. The number of carbonyl (C=O) groups is 2. The van der Waals surface area contributed by atoms with Gasteiger partial charge in [-0.15, -0.1) is 5.10 Å². The number of carbonyl (C=O) groups excluding carboxylic acids is 2. The van der Waals surface area contributed by atoms with E-state index < -0.39 is 5.91 Å². The molecule has 2 amide bonds. The summed E-state index contributed by atoms with van der Waals surface area (Å²) in [5.74, 6) is 0.00808. The van der Waals surface area contributed by atoms with Gasteiger partial charge in [-0.25, -0.2) is 4.98 Å². The van der Waals surface area contributed by atoms with Gasteiger partial charge in [0.25, 0.3) is 17.8 Å². The zero-order chi connectivity index (χ0) is 26.8. The van der Waals surface area contributed by atoms with Crippen molar-refractivity contribution in [2.45, 2.75) is 26.3 Å². The number of H-pyrrole nitrogens is 1. The molecule has 3 heterocycles. The predicted molar refractivity (Wildman–Crippen MR) is 144 cm³/mol. The molecule has 0 fully saturated rings. The monoisotopic (exact) mass is 596 g/mol. The highest BCUT2D eigenvalue weighted by Crippen LogP contribution is 2.47. The van der Waals surface area contributed by atoms with Crippen molar-refractivity contribution >= 4 is 45.3 Å². The first-order valence-electron chi connectivity index (χ1n) is 11.7. The summed E-state index contributed by atoms with van der Waals surface area (Å²) < 4.78 is 8.06. The van der Waals surface area contributed by atoms with E-state index in [0.29, 0.717) is 23.4 Å². The van der Waals surface area contributed by atoms with Gasteiger partial charge in [-0.05, 0) is 56.4 Å². The van der Waals surface area contributed by atoms with E-state index in [4.69, 9.17) is 16.0 Å². The van der Waals surface area contributed by atoms with E-state index in [1.165, 1.54) is 0 Å². The number of tetrazole rings is 1. The fourth-order valence-corrected chi connectivity index (χ4v) is 5.52. The summed E-state index contributed by atoms with van der Waals surface area (Å²) in [6, 6.07) is 9.07. The third-order valence-electron chi connectivity index (χ3n) is 6.12. The van der Waals surface area contributed by atoms with Crippen molar-refractivity contribution in [3.8, 4) is 22.3 Å². The van der Waals surface area contributed by atoms with Crippen LogP contribution < -0.4 is 10.6 Å². The molecule has 194 valence electrons. The summed E-state index contributed by atoms with van der Waals surface area (Å²) in [5, 5.41) is 18.9. The molecule has 1 aromatic carbocycles. The summed E-state index contributed by atoms with van der Waals surface area (Å²) >= 11 is 10.2. The molecular weight excluding hydrogens is 576 g/mol. The Morgan fingerprint density at radius 1 is 1.16 bits per heavy atom. The number of amides is 2. The van der Waals surface area contributed by atoms with Crippen LogP contribution in [0.1, 0.15) is 45.6 Å². The van der Waals surface area contributed by atoms with Crippen LogP contribution in [0.3, 0.4) is 0 Å². The Labute approximate surface area is 230 Å². The highest BCUT2D eigenvalue weighted by molar-refractivity contribution is 9.10. The van der Waals surface area contributed by atoms with Crippen LogP contribution in [0.15, 0.2) is 51.7 Å². The number of aromatic amines is 1. The van der Waals surface area contributed by atoms with Crippen LogP contribution in [0.4, 0.5) is 5.95 Å². The molecule has 1 aliphatic carbocycles. The van der Waals surface area contributed by atoms with Gasteiger partial charge in [-0.1, -0.05) is 41.8 Å². The van der Waals surface area contributed by atoms with E-state index in [2.05, 4.69) is 52.2 Å². The summed E-state index contributed by atoms with van der Waals surface area (Å²) in [6.07, 6.45) is 4.67. The largest absolute Gasteiger partial charge is 0.472 e. The maximum Gasteiger partial charge on any atom is 0.270 e. The Hall–Kier alpha value is -4.03. The molecule has 0 unspecified atom stereocenters. The zero-order valence-corrected chi connectivity index (χ0v) is 22.7. The molecule has 2 aliphatic rings. The number of halogens is 2. The molecule has 2 aromatic heterocycles. The van der Waals surface area contributed by atoms with Gasteiger partial charge in [0.15, 0.2) is 5.15 Å². The number of anilines is 1. The first-order valence-corrected chi connectivity index (χ1v) is 12.9. The van der Waals surface area contributed by atoms with Crippen LogP contribution in [-0.2, 0) is 13.0 Å². The molecule has 0 bridgehead atoms. The molecule has 1 aliphatic heterocycles. The average molecular weight is 598 g/mol. The highest BCUT2D eigenvalue weighted by Gasteiger charge is 2.29. The molecule has 11 nitrogen and oxygen atoms in total. The second-order valence-corrected chi connectivity index (χ2v) is 9.52. The number of nitrogens with one attached hydrogen (secondary N) is 3. The van der Waals surface area contributed by atoms with Crippen LogP contribution in [0.5, 0.6) is 0 Å². The number of imidazole rings is 1. The van der Waals surface area contributed by atoms with E-state index in [9.17, 15) is 9.59 Å². The van der Waals surface area contributed by atoms with Crippen LogP contribution in [-0.4, -0.2) is 49.0 Å². The van der Waals surface area contributed by atoms with Crippen LogP contribution in [0, 0.1) is 0 Å². The van der Waals surface area contributed by atoms with Gasteiger partial charge in [0.2, 0.25) is 0 Å². The standard InChI is InChI=1S/C25H22BrClN8O3/c1-3-6-18-29-22(27)21(24(37)28-2)35(18)11-16-13-9-10-38-12-17(13)20(26)19(16)14-7-4-5-8-15(14)23(36)30-25-31-33-34-32-25/h4-5,7-10,12H,3,6,11H2,1-2H3,(H,28,37)(H2,30,31,32,33,34,36). The second-order valence-electron chi connectivity index (χ2n) is 8.37. The van der Waals surface area contributed by atoms with Crippen molar-refractivity contribution < 1.29 is 14.0 Å². The van der Waals surface area contributed by atoms with Crippen molar-refractivity contribution in [1.82, 2.24) is 35.5 Å². The van der Waals surface area contributed by atoms with Gasteiger partial charge < -0.3 is 14.3 Å². The minimum atomic E-state index is -0.404. The lowest BCUT2D eigenvalue weighted by Crippen LogP contribution is -2.23. The minimum absolute atomic E-state index is 0.0584. The number of aromatic nitrogens is 6. The van der Waals surface area contributed by atoms with Crippen LogP contribution in [0.25, 0.3) is 22.3 Å². The lowest BCUT2D eigenvalue weighted by molar-refractivity contribution is 0.0953. The van der Waals surface area contributed by atoms with Crippen molar-refractivity contribution in [3.05, 3.63) is 75.1 Å². The molecule has 0 saturated carbocycles. The lowest BCUT2D eigenvalue weighted by atomic mass is 9.97. The Bertz CT molecular complexity index is 1590. The van der Waals surface area contributed by atoms with Crippen molar-refractivity contribution in [2.24, 2.45) is 0 Å². The van der Waals surface area contributed by atoms with Crippen LogP contribution in [0.2, 0.25) is 5.15 Å². The third kappa shape index (κ3) is 4.56. The number of fused-ring (bicyclic) bond motifs is 1. The Balaban J connectivity index is 1.71. The summed E-state index contributed by atoms with van der Waals surface area (Å²) in [4.78, 5) is 30.6. The quantitative estimate of drug-likeness (QED) is 0.233. The first kappa shape index (κ1) is 25.6. The lowest BCUT2D eigenvalue weighted by Gasteiger charge is -2.15. The molecule has 3 N–H and O–H groups in total. The van der Waals surface area contributed by atoms with E-state index in [1.54, 1.807) is 31.7 Å². The first-order chi connectivity index (χ1) is 18.4. The second kappa shape index (κ2) is 10.8. The maximum atomic E-state index is 13.3. The average Bonchev–Trinajstić information content (AvgIpc) is 3.62. The van der Waals surface area contributed by atoms with E-state index in [0.717, 1.165) is 33.1 Å². The fraction of sp³-hybridized carbons (Fsp3) is 0.200. The Morgan fingerprint density at radius 3 is 2.71 bits per heavy atom. The highest BCUT2D eigenvalue weighted by atomic mass is 79.9. The molecule has 3 aromatic rings. The molecular formula is C25H22BrClN8O3. The number of hydrogen-bond donors (Lipinski definition) is 3. The van der Waals surface area contributed by atoms with Crippen molar-refractivity contribution in [2.75, 3.05) is 12.4 Å². The molecule has 13 heteroatoms. The Morgan fingerprint density at radius 2 is 1.97 bits per heavy atom. The topological polar surface area (TPSA) is 144 Å². The maximum absolute atomic E-state index is 13.3. The fourth-order valence-electron chi connectivity index (χ4n) is 4.48.